The maximum Gasteiger partial charge on any atom is 0.146 e. The zero-order valence-corrected chi connectivity index (χ0v) is 7.82. The van der Waals surface area contributed by atoms with Crippen LogP contribution in [0.5, 0.6) is 0 Å². The van der Waals surface area contributed by atoms with E-state index in [4.69, 9.17) is 9.47 Å². The van der Waals surface area contributed by atoms with E-state index in [1.165, 1.54) is 0 Å². The van der Waals surface area contributed by atoms with E-state index in [-0.39, 0.29) is 0 Å². The fraction of sp³-hybridized carbons (Fsp3) is 0.273. The molecule has 0 unspecified atom stereocenters. The van der Waals surface area contributed by atoms with Crippen LogP contribution in [0.15, 0.2) is 36.9 Å². The Balaban J connectivity index is 2.40. The summed E-state index contributed by atoms with van der Waals surface area (Å²) in [4.78, 5) is 0. The van der Waals surface area contributed by atoms with Crippen LogP contribution in [-0.2, 0) is 9.47 Å². The van der Waals surface area contributed by atoms with Crippen LogP contribution in [0.2, 0.25) is 0 Å². The lowest BCUT2D eigenvalue weighted by Gasteiger charge is -2.05. The van der Waals surface area contributed by atoms with Crippen molar-refractivity contribution in [2.24, 2.45) is 0 Å². The number of rotatable bonds is 5. The lowest BCUT2D eigenvalue weighted by molar-refractivity contribution is -0.0164. The Morgan fingerprint density at radius 1 is 1.31 bits per heavy atom. The highest BCUT2D eigenvalue weighted by Gasteiger charge is 1.96. The first-order chi connectivity index (χ1) is 6.34. The summed E-state index contributed by atoms with van der Waals surface area (Å²) in [5, 5.41) is 0. The minimum atomic E-state index is 0.311. The number of hydrogen-bond donors (Lipinski definition) is 0. The highest BCUT2D eigenvalue weighted by atomic mass is 16.7. The van der Waals surface area contributed by atoms with Gasteiger partial charge in [0.2, 0.25) is 0 Å². The maximum absolute atomic E-state index is 5.18. The van der Waals surface area contributed by atoms with Crippen LogP contribution in [0.3, 0.4) is 0 Å². The van der Waals surface area contributed by atoms with Crippen molar-refractivity contribution >= 4 is 5.57 Å². The van der Waals surface area contributed by atoms with Gasteiger partial charge in [0, 0.05) is 7.11 Å². The molecule has 13 heavy (non-hydrogen) atoms. The van der Waals surface area contributed by atoms with Gasteiger partial charge < -0.3 is 9.47 Å². The van der Waals surface area contributed by atoms with Gasteiger partial charge in [-0.25, -0.2) is 0 Å². The molecule has 0 aromatic heterocycles. The first-order valence-electron chi connectivity index (χ1n) is 4.14. The fourth-order valence-corrected chi connectivity index (χ4v) is 1.01. The van der Waals surface area contributed by atoms with Crippen molar-refractivity contribution in [1.82, 2.24) is 0 Å². The van der Waals surface area contributed by atoms with Gasteiger partial charge in [-0.3, -0.25) is 0 Å². The van der Waals surface area contributed by atoms with Crippen molar-refractivity contribution < 1.29 is 9.47 Å². The SMILES string of the molecule is C=C(COCOC)c1ccccc1. The van der Waals surface area contributed by atoms with E-state index >= 15 is 0 Å². The number of benzene rings is 1. The van der Waals surface area contributed by atoms with Gasteiger partial charge in [-0.1, -0.05) is 36.9 Å². The minimum absolute atomic E-state index is 0.311. The van der Waals surface area contributed by atoms with Crippen LogP contribution in [0, 0.1) is 0 Å². The predicted molar refractivity (Wildman–Crippen MR) is 53.3 cm³/mol. The molecule has 2 heteroatoms. The molecule has 2 nitrogen and oxygen atoms in total. The molecule has 0 radical (unpaired) electrons. The van der Waals surface area contributed by atoms with Crippen LogP contribution in [0.1, 0.15) is 5.56 Å². The van der Waals surface area contributed by atoms with Crippen LogP contribution >= 0.6 is 0 Å². The third-order valence-corrected chi connectivity index (χ3v) is 1.66. The third kappa shape index (κ3) is 3.40. The molecule has 0 saturated heterocycles. The third-order valence-electron chi connectivity index (χ3n) is 1.66. The standard InChI is InChI=1S/C11H14O2/c1-10(8-13-9-12-2)11-6-4-3-5-7-11/h3-7H,1,8-9H2,2H3. The second kappa shape index (κ2) is 5.51. The average molecular weight is 178 g/mol. The Labute approximate surface area is 78.8 Å². The molecule has 0 bridgehead atoms. The summed E-state index contributed by atoms with van der Waals surface area (Å²) in [5.74, 6) is 0. The second-order valence-electron chi connectivity index (χ2n) is 2.72. The zero-order valence-electron chi connectivity index (χ0n) is 7.82. The van der Waals surface area contributed by atoms with Gasteiger partial charge in [0.1, 0.15) is 6.79 Å². The van der Waals surface area contributed by atoms with Crippen molar-refractivity contribution in [3.63, 3.8) is 0 Å². The van der Waals surface area contributed by atoms with Gasteiger partial charge in [-0.2, -0.15) is 0 Å². The van der Waals surface area contributed by atoms with E-state index in [9.17, 15) is 0 Å². The number of methoxy groups -OCH3 is 1. The molecule has 0 amide bonds. The minimum Gasteiger partial charge on any atom is -0.359 e. The lowest BCUT2D eigenvalue weighted by atomic mass is 10.1. The van der Waals surface area contributed by atoms with Crippen molar-refractivity contribution in [1.29, 1.82) is 0 Å². The fourth-order valence-electron chi connectivity index (χ4n) is 1.01. The average Bonchev–Trinajstić information content (AvgIpc) is 2.19. The van der Waals surface area contributed by atoms with E-state index in [0.29, 0.717) is 13.4 Å². The molecule has 0 heterocycles. The smallest absolute Gasteiger partial charge is 0.146 e. The summed E-state index contributed by atoms with van der Waals surface area (Å²) in [6, 6.07) is 9.97. The van der Waals surface area contributed by atoms with E-state index in [1.807, 2.05) is 30.3 Å². The highest BCUT2D eigenvalue weighted by molar-refractivity contribution is 5.63. The molecule has 1 aromatic rings. The molecule has 0 aliphatic carbocycles. The first-order valence-corrected chi connectivity index (χ1v) is 4.14. The van der Waals surface area contributed by atoms with Crippen LogP contribution in [0.25, 0.3) is 5.57 Å². The molecule has 0 aliphatic heterocycles. The molecule has 0 fully saturated rings. The predicted octanol–water partition coefficient (Wildman–Crippen LogP) is 2.32. The van der Waals surface area contributed by atoms with Gasteiger partial charge in [0.25, 0.3) is 0 Å². The Morgan fingerprint density at radius 3 is 2.62 bits per heavy atom. The molecule has 0 saturated carbocycles. The summed E-state index contributed by atoms with van der Waals surface area (Å²) >= 11 is 0. The van der Waals surface area contributed by atoms with Gasteiger partial charge in [-0.05, 0) is 11.1 Å². The Hall–Kier alpha value is -1.12. The normalized spacial score (nSPS) is 9.92. The van der Waals surface area contributed by atoms with E-state index in [0.717, 1.165) is 11.1 Å². The molecule has 0 atom stereocenters. The van der Waals surface area contributed by atoms with E-state index < -0.39 is 0 Å². The molecule has 0 N–H and O–H groups in total. The summed E-state index contributed by atoms with van der Waals surface area (Å²) in [5.41, 5.74) is 2.08. The van der Waals surface area contributed by atoms with E-state index in [2.05, 4.69) is 6.58 Å². The van der Waals surface area contributed by atoms with Crippen molar-refractivity contribution in [2.45, 2.75) is 0 Å². The van der Waals surface area contributed by atoms with Crippen molar-refractivity contribution in [3.05, 3.63) is 42.5 Å². The lowest BCUT2D eigenvalue weighted by Crippen LogP contribution is -1.99. The largest absolute Gasteiger partial charge is 0.359 e. The topological polar surface area (TPSA) is 18.5 Å². The molecule has 0 spiro atoms. The maximum atomic E-state index is 5.18. The monoisotopic (exact) mass is 178 g/mol. The van der Waals surface area contributed by atoms with Gasteiger partial charge in [0.15, 0.2) is 0 Å². The zero-order chi connectivity index (χ0) is 9.52. The van der Waals surface area contributed by atoms with Crippen molar-refractivity contribution in [2.75, 3.05) is 20.5 Å². The molecular formula is C11H14O2. The van der Waals surface area contributed by atoms with Crippen molar-refractivity contribution in [3.8, 4) is 0 Å². The second-order valence-corrected chi connectivity index (χ2v) is 2.72. The Morgan fingerprint density at radius 2 is 2.00 bits per heavy atom. The van der Waals surface area contributed by atoms with Gasteiger partial charge in [0.05, 0.1) is 6.61 Å². The molecular weight excluding hydrogens is 164 g/mol. The quantitative estimate of drug-likeness (QED) is 0.509. The molecule has 0 aliphatic rings. The number of ether oxygens (including phenoxy) is 2. The Bertz CT molecular complexity index is 254. The summed E-state index contributed by atoms with van der Waals surface area (Å²) in [6.45, 7) is 4.74. The summed E-state index contributed by atoms with van der Waals surface area (Å²) < 4.78 is 9.94. The molecule has 1 aromatic carbocycles. The Kier molecular flexibility index (Phi) is 4.23. The highest BCUT2D eigenvalue weighted by Crippen LogP contribution is 2.11. The van der Waals surface area contributed by atoms with Gasteiger partial charge >= 0.3 is 0 Å². The van der Waals surface area contributed by atoms with Crippen LogP contribution in [0.4, 0.5) is 0 Å². The van der Waals surface area contributed by atoms with E-state index in [1.54, 1.807) is 7.11 Å². The molecule has 70 valence electrons. The van der Waals surface area contributed by atoms with Gasteiger partial charge in [-0.15, -0.1) is 0 Å². The number of hydrogen-bond acceptors (Lipinski definition) is 2. The summed E-state index contributed by atoms with van der Waals surface area (Å²) in [7, 11) is 1.60. The first kappa shape index (κ1) is 9.96. The van der Waals surface area contributed by atoms with Crippen LogP contribution < -0.4 is 0 Å². The molecule has 1 rings (SSSR count). The van der Waals surface area contributed by atoms with Crippen LogP contribution in [-0.4, -0.2) is 20.5 Å². The summed E-state index contributed by atoms with van der Waals surface area (Å²) in [6.07, 6.45) is 0.